The largest absolute Gasteiger partial charge is 0.218 e. The molecule has 1 aromatic rings. The summed E-state index contributed by atoms with van der Waals surface area (Å²) in [5, 5.41) is 10.4. The summed E-state index contributed by atoms with van der Waals surface area (Å²) in [6.45, 7) is 1.97. The number of aromatic nitrogens is 4. The average molecular weight is 110 g/mol. The van der Waals surface area contributed by atoms with E-state index in [1.54, 1.807) is 0 Å². The van der Waals surface area contributed by atoms with E-state index in [4.69, 9.17) is 0 Å². The number of hydrogen-bond acceptors (Lipinski definition) is 4. The summed E-state index contributed by atoms with van der Waals surface area (Å²) in [5.41, 5.74) is 0. The van der Waals surface area contributed by atoms with Crippen molar-refractivity contribution in [3.8, 4) is 0 Å². The minimum absolute atomic E-state index is 0.736. The van der Waals surface area contributed by atoms with Crippen LogP contribution in [0.5, 0.6) is 0 Å². The van der Waals surface area contributed by atoms with Crippen LogP contribution in [-0.4, -0.2) is 20.4 Å². The molecule has 0 saturated carbocycles. The van der Waals surface area contributed by atoms with E-state index in [0.717, 1.165) is 12.2 Å². The lowest BCUT2D eigenvalue weighted by atomic mass is 10.5. The van der Waals surface area contributed by atoms with E-state index in [-0.39, 0.29) is 0 Å². The lowest BCUT2D eigenvalue weighted by Gasteiger charge is -1.85. The zero-order valence-electron chi connectivity index (χ0n) is 4.57. The number of hydrogen-bond donors (Lipinski definition) is 0. The standard InChI is InChI=1S/C4H6N4/c1-2-4-5-3-6-8-7-4/h3H,2H2,1H3. The van der Waals surface area contributed by atoms with Gasteiger partial charge in [-0.2, -0.15) is 0 Å². The first kappa shape index (κ1) is 5.08. The lowest BCUT2D eigenvalue weighted by Crippen LogP contribution is -1.95. The molecule has 0 aliphatic rings. The van der Waals surface area contributed by atoms with Crippen LogP contribution in [0.15, 0.2) is 6.33 Å². The van der Waals surface area contributed by atoms with Crippen LogP contribution in [0.3, 0.4) is 0 Å². The molecule has 0 bridgehead atoms. The molecule has 0 N–H and O–H groups in total. The van der Waals surface area contributed by atoms with E-state index in [2.05, 4.69) is 20.4 Å². The minimum atomic E-state index is 0.736. The van der Waals surface area contributed by atoms with Crippen LogP contribution in [0.25, 0.3) is 0 Å². The van der Waals surface area contributed by atoms with Crippen molar-refractivity contribution in [2.45, 2.75) is 13.3 Å². The normalized spacial score (nSPS) is 9.12. The van der Waals surface area contributed by atoms with Gasteiger partial charge in [-0.25, -0.2) is 4.98 Å². The van der Waals surface area contributed by atoms with Crippen LogP contribution >= 0.6 is 0 Å². The summed E-state index contributed by atoms with van der Waals surface area (Å²) in [6.07, 6.45) is 2.21. The highest BCUT2D eigenvalue weighted by Gasteiger charge is 1.85. The zero-order chi connectivity index (χ0) is 5.82. The second-order valence-corrected chi connectivity index (χ2v) is 1.32. The Hall–Kier alpha value is -1.06. The predicted molar refractivity (Wildman–Crippen MR) is 27.0 cm³/mol. The SMILES string of the molecule is CCc1ncnnn1. The van der Waals surface area contributed by atoms with Gasteiger partial charge in [0.05, 0.1) is 0 Å². The third-order valence-electron chi connectivity index (χ3n) is 0.786. The van der Waals surface area contributed by atoms with Crippen LogP contribution in [-0.2, 0) is 6.42 Å². The first-order valence-corrected chi connectivity index (χ1v) is 2.42. The van der Waals surface area contributed by atoms with Gasteiger partial charge < -0.3 is 0 Å². The Morgan fingerprint density at radius 2 is 2.50 bits per heavy atom. The predicted octanol–water partition coefficient (Wildman–Crippen LogP) is -0.171. The van der Waals surface area contributed by atoms with Gasteiger partial charge in [-0.05, 0) is 5.21 Å². The quantitative estimate of drug-likeness (QED) is 0.503. The van der Waals surface area contributed by atoms with Crippen molar-refractivity contribution in [2.75, 3.05) is 0 Å². The topological polar surface area (TPSA) is 51.6 Å². The zero-order valence-corrected chi connectivity index (χ0v) is 4.57. The van der Waals surface area contributed by atoms with Gasteiger partial charge in [0.2, 0.25) is 0 Å². The molecular weight excluding hydrogens is 104 g/mol. The van der Waals surface area contributed by atoms with Crippen molar-refractivity contribution in [1.29, 1.82) is 0 Å². The van der Waals surface area contributed by atoms with E-state index in [1.165, 1.54) is 6.33 Å². The van der Waals surface area contributed by atoms with E-state index in [9.17, 15) is 0 Å². The monoisotopic (exact) mass is 110 g/mol. The Labute approximate surface area is 47.0 Å². The van der Waals surface area contributed by atoms with Crippen molar-refractivity contribution in [1.82, 2.24) is 20.4 Å². The molecule has 1 rings (SSSR count). The van der Waals surface area contributed by atoms with Gasteiger partial charge in [-0.15, -0.1) is 10.2 Å². The molecule has 0 aliphatic heterocycles. The van der Waals surface area contributed by atoms with Gasteiger partial charge in [0.25, 0.3) is 0 Å². The summed E-state index contributed by atoms with van der Waals surface area (Å²) < 4.78 is 0. The van der Waals surface area contributed by atoms with E-state index < -0.39 is 0 Å². The second-order valence-electron chi connectivity index (χ2n) is 1.32. The molecule has 0 unspecified atom stereocenters. The van der Waals surface area contributed by atoms with Crippen molar-refractivity contribution in [3.63, 3.8) is 0 Å². The fourth-order valence-electron chi connectivity index (χ4n) is 0.381. The third kappa shape index (κ3) is 0.959. The highest BCUT2D eigenvalue weighted by molar-refractivity contribution is 4.74. The van der Waals surface area contributed by atoms with Gasteiger partial charge in [-0.3, -0.25) is 0 Å². The molecule has 0 amide bonds. The molecule has 1 aromatic heterocycles. The maximum absolute atomic E-state index is 3.81. The third-order valence-corrected chi connectivity index (χ3v) is 0.786. The maximum Gasteiger partial charge on any atom is 0.154 e. The van der Waals surface area contributed by atoms with Gasteiger partial charge in [-0.1, -0.05) is 6.92 Å². The average Bonchev–Trinajstić information content (AvgIpc) is 1.90. The Morgan fingerprint density at radius 3 is 2.88 bits per heavy atom. The Balaban J connectivity index is 2.83. The second kappa shape index (κ2) is 2.30. The van der Waals surface area contributed by atoms with Crippen LogP contribution in [0.4, 0.5) is 0 Å². The first-order chi connectivity index (χ1) is 3.93. The van der Waals surface area contributed by atoms with Gasteiger partial charge in [0, 0.05) is 6.42 Å². The maximum atomic E-state index is 3.81. The molecule has 0 radical (unpaired) electrons. The van der Waals surface area contributed by atoms with Crippen molar-refractivity contribution in [2.24, 2.45) is 0 Å². The molecular formula is C4H6N4. The number of rotatable bonds is 1. The molecule has 0 atom stereocenters. The van der Waals surface area contributed by atoms with Crippen LogP contribution < -0.4 is 0 Å². The summed E-state index contributed by atoms with van der Waals surface area (Å²) in [4.78, 5) is 3.81. The Morgan fingerprint density at radius 1 is 1.62 bits per heavy atom. The molecule has 1 heterocycles. The van der Waals surface area contributed by atoms with Crippen molar-refractivity contribution < 1.29 is 0 Å². The molecule has 0 saturated heterocycles. The number of nitrogens with zero attached hydrogens (tertiary/aromatic N) is 4. The van der Waals surface area contributed by atoms with E-state index in [0.29, 0.717) is 0 Å². The van der Waals surface area contributed by atoms with Gasteiger partial charge >= 0.3 is 0 Å². The summed E-state index contributed by atoms with van der Waals surface area (Å²) in [7, 11) is 0. The first-order valence-electron chi connectivity index (χ1n) is 2.42. The molecule has 0 fully saturated rings. The molecule has 0 spiro atoms. The molecule has 8 heavy (non-hydrogen) atoms. The molecule has 0 aliphatic carbocycles. The summed E-state index contributed by atoms with van der Waals surface area (Å²) in [6, 6.07) is 0. The van der Waals surface area contributed by atoms with E-state index in [1.807, 2.05) is 6.92 Å². The van der Waals surface area contributed by atoms with E-state index >= 15 is 0 Å². The lowest BCUT2D eigenvalue weighted by molar-refractivity contribution is 0.754. The highest BCUT2D eigenvalue weighted by atomic mass is 15.3. The van der Waals surface area contributed by atoms with Crippen molar-refractivity contribution >= 4 is 0 Å². The van der Waals surface area contributed by atoms with Crippen LogP contribution in [0, 0.1) is 0 Å². The van der Waals surface area contributed by atoms with Crippen LogP contribution in [0.1, 0.15) is 12.7 Å². The molecule has 42 valence electrons. The molecule has 4 nitrogen and oxygen atoms in total. The smallest absolute Gasteiger partial charge is 0.154 e. The van der Waals surface area contributed by atoms with Crippen LogP contribution in [0.2, 0.25) is 0 Å². The summed E-state index contributed by atoms with van der Waals surface area (Å²) >= 11 is 0. The van der Waals surface area contributed by atoms with Crippen molar-refractivity contribution in [3.05, 3.63) is 12.2 Å². The minimum Gasteiger partial charge on any atom is -0.218 e. The van der Waals surface area contributed by atoms with Gasteiger partial charge in [0.1, 0.15) is 6.33 Å². The van der Waals surface area contributed by atoms with Gasteiger partial charge in [0.15, 0.2) is 5.82 Å². The fraction of sp³-hybridized carbons (Fsp3) is 0.500. The highest BCUT2D eigenvalue weighted by Crippen LogP contribution is 1.80. The Kier molecular flexibility index (Phi) is 1.46. The summed E-state index contributed by atoms with van der Waals surface area (Å²) in [5.74, 6) is 0.736. The fourth-order valence-corrected chi connectivity index (χ4v) is 0.381. The molecule has 4 heteroatoms. The Bertz CT molecular complexity index is 149. The molecule has 0 aromatic carbocycles. The number of aryl methyl sites for hydroxylation is 1.